The number of carboxylic acids is 1. The summed E-state index contributed by atoms with van der Waals surface area (Å²) < 4.78 is 4.35. The Morgan fingerprint density at radius 2 is 0.943 bits per heavy atom. The monoisotopic (exact) mass is 868 g/mol. The highest BCUT2D eigenvalue weighted by atomic mass is 127. The molecule has 0 bridgehead atoms. The molecule has 0 unspecified atom stereocenters. The number of methoxy groups -OCH3 is 1. The topological polar surface area (TPSA) is 249 Å². The van der Waals surface area contributed by atoms with Gasteiger partial charge < -0.3 is 30.2 Å². The van der Waals surface area contributed by atoms with Crippen molar-refractivity contribution in [2.75, 3.05) is 25.1 Å². The molecule has 2 aliphatic heterocycles. The first-order valence-electron chi connectivity index (χ1n) is 17.1. The average Bonchev–Trinajstić information content (AvgIpc) is 3.65. The summed E-state index contributed by atoms with van der Waals surface area (Å²) in [5.74, 6) is -6.05. The van der Waals surface area contributed by atoms with Crippen molar-refractivity contribution < 1.29 is 67.5 Å². The Kier molecular flexibility index (Phi) is 34.2. The van der Waals surface area contributed by atoms with Crippen LogP contribution in [0.4, 0.5) is 0 Å². The number of aliphatic carboxylic acids is 1. The van der Waals surface area contributed by atoms with Crippen LogP contribution in [0.25, 0.3) is 0 Å². The first-order valence-corrected chi connectivity index (χ1v) is 19.2. The van der Waals surface area contributed by atoms with Crippen LogP contribution >= 0.6 is 22.6 Å². The van der Waals surface area contributed by atoms with Crippen molar-refractivity contribution in [3.8, 4) is 0 Å². The highest BCUT2D eigenvalue weighted by Gasteiger charge is 2.33. The minimum absolute atomic E-state index is 0.0577. The summed E-state index contributed by atoms with van der Waals surface area (Å²) in [5, 5.41) is 14.4. The largest absolute Gasteiger partial charge is 0.478 e. The van der Waals surface area contributed by atoms with Crippen molar-refractivity contribution in [2.45, 2.75) is 105 Å². The zero-order chi connectivity index (χ0) is 41.2. The summed E-state index contributed by atoms with van der Waals surface area (Å²) >= 11 is 2.15. The summed E-state index contributed by atoms with van der Waals surface area (Å²) in [6.45, 7) is 8.74. The Hall–Kier alpha value is -4.69. The van der Waals surface area contributed by atoms with Crippen LogP contribution in [-0.4, -0.2) is 99.7 Å². The quantitative estimate of drug-likeness (QED) is 0.0448. The Morgan fingerprint density at radius 1 is 0.604 bits per heavy atom. The highest BCUT2D eigenvalue weighted by molar-refractivity contribution is 14.1. The van der Waals surface area contributed by atoms with E-state index in [0.29, 0.717) is 61.7 Å². The van der Waals surface area contributed by atoms with Gasteiger partial charge in [0.25, 0.3) is 23.6 Å². The number of alkyl halides is 1. The Labute approximate surface area is 323 Å². The number of imide groups is 2. The molecule has 6 amide bonds. The molecule has 300 valence electrons. The standard InChI is InChI=1S/C15H20N2O7.C14H18N2O7.2C2H6.CH3I/c1-23-14(21)9-6-11(18)16-10-4-2-3-5-15(22)24-17-12(19)7-8-13(17)20;17-10(5-8-13(20)21)15-9-3-1-2-4-14(22)23-16-11(18)6-7-12(16)19;3*1-2/h6,9H,2-5,7-8,10H2,1H3,(H,16,18);5,8H,1-4,6-7,9H2,(H,15,17)(H,20,21);2*1-2H3;1H3/b9-6-;8-5-;;;. The fourth-order valence-electron chi connectivity index (χ4n) is 3.65. The minimum Gasteiger partial charge on any atom is -0.478 e. The van der Waals surface area contributed by atoms with Crippen molar-refractivity contribution in [3.05, 3.63) is 24.3 Å². The van der Waals surface area contributed by atoms with Crippen LogP contribution in [0.5, 0.6) is 0 Å². The maximum Gasteiger partial charge on any atom is 0.333 e. The zero-order valence-electron chi connectivity index (χ0n) is 31.2. The molecule has 53 heavy (non-hydrogen) atoms. The number of esters is 1. The van der Waals surface area contributed by atoms with Gasteiger partial charge in [-0.25, -0.2) is 19.2 Å². The number of hydrogen-bond donors (Lipinski definition) is 3. The summed E-state index contributed by atoms with van der Waals surface area (Å²) in [7, 11) is 1.21. The molecule has 2 heterocycles. The number of carbonyl (C=O) groups is 10. The van der Waals surface area contributed by atoms with Gasteiger partial charge in [0.05, 0.1) is 7.11 Å². The highest BCUT2D eigenvalue weighted by Crippen LogP contribution is 2.14. The number of hydroxylamine groups is 4. The Balaban J connectivity index is -0.000000827. The van der Waals surface area contributed by atoms with Gasteiger partial charge in [-0.3, -0.25) is 28.8 Å². The van der Waals surface area contributed by atoms with E-state index in [-0.39, 0.29) is 38.5 Å². The van der Waals surface area contributed by atoms with E-state index < -0.39 is 59.3 Å². The van der Waals surface area contributed by atoms with Gasteiger partial charge in [0.15, 0.2) is 0 Å². The molecule has 18 nitrogen and oxygen atoms in total. The van der Waals surface area contributed by atoms with Crippen LogP contribution < -0.4 is 10.6 Å². The number of ether oxygens (including phenoxy) is 1. The van der Waals surface area contributed by atoms with E-state index in [9.17, 15) is 47.9 Å². The summed E-state index contributed by atoms with van der Waals surface area (Å²) in [4.78, 5) is 123. The predicted molar refractivity (Wildman–Crippen MR) is 198 cm³/mol. The van der Waals surface area contributed by atoms with Crippen molar-refractivity contribution in [1.29, 1.82) is 0 Å². The van der Waals surface area contributed by atoms with E-state index in [1.54, 1.807) is 0 Å². The van der Waals surface area contributed by atoms with Gasteiger partial charge in [0.1, 0.15) is 0 Å². The maximum absolute atomic E-state index is 11.5. The van der Waals surface area contributed by atoms with Crippen LogP contribution in [0, 0.1) is 0 Å². The SMILES string of the molecule is CC.CC.CI.COC(=O)/C=C\C(=O)NCCCCCC(=O)ON1C(=O)CCC1=O.O=C(O)/C=C\C(=O)NCCCCCC(=O)ON1C(=O)CCC1=O. The van der Waals surface area contributed by atoms with Crippen molar-refractivity contribution in [3.63, 3.8) is 0 Å². The number of amides is 6. The number of nitrogens with one attached hydrogen (secondary N) is 2. The van der Waals surface area contributed by atoms with Gasteiger partial charge in [0.2, 0.25) is 11.8 Å². The Morgan fingerprint density at radius 3 is 1.26 bits per heavy atom. The van der Waals surface area contributed by atoms with Crippen LogP contribution in [0.2, 0.25) is 0 Å². The molecule has 0 aromatic rings. The molecule has 0 aromatic heterocycles. The van der Waals surface area contributed by atoms with Gasteiger partial charge in [-0.1, -0.05) is 63.1 Å². The number of carboxylic acid groups (broad SMARTS) is 1. The maximum atomic E-state index is 11.5. The lowest BCUT2D eigenvalue weighted by Gasteiger charge is -2.12. The van der Waals surface area contributed by atoms with Crippen molar-refractivity contribution in [1.82, 2.24) is 20.8 Å². The fourth-order valence-corrected chi connectivity index (χ4v) is 3.65. The van der Waals surface area contributed by atoms with Gasteiger partial charge in [-0.15, -0.1) is 10.1 Å². The number of hydrogen-bond acceptors (Lipinski definition) is 13. The first kappa shape index (κ1) is 52.7. The molecule has 0 aliphatic carbocycles. The van der Waals surface area contributed by atoms with E-state index in [1.807, 2.05) is 32.6 Å². The van der Waals surface area contributed by atoms with Crippen LogP contribution in [0.1, 0.15) is 105 Å². The summed E-state index contributed by atoms with van der Waals surface area (Å²) in [5.41, 5.74) is 0. The molecular formula is C34H53IN4O14. The number of halogens is 1. The smallest absolute Gasteiger partial charge is 0.333 e. The third kappa shape index (κ3) is 27.6. The molecule has 0 radical (unpaired) electrons. The molecule has 3 N–H and O–H groups in total. The lowest BCUT2D eigenvalue weighted by atomic mass is 10.2. The fraction of sp³-hybridized carbons (Fsp3) is 0.588. The van der Waals surface area contributed by atoms with Gasteiger partial charge in [-0.2, -0.15) is 0 Å². The molecule has 0 spiro atoms. The molecule has 0 saturated carbocycles. The Bertz CT molecular complexity index is 1240. The van der Waals surface area contributed by atoms with Gasteiger partial charge >= 0.3 is 23.9 Å². The van der Waals surface area contributed by atoms with Crippen molar-refractivity contribution >= 4 is 81.9 Å². The van der Waals surface area contributed by atoms with Gasteiger partial charge in [-0.05, 0) is 30.6 Å². The molecular weight excluding hydrogens is 815 g/mol. The van der Waals surface area contributed by atoms with E-state index >= 15 is 0 Å². The second kappa shape index (κ2) is 34.4. The molecule has 2 rings (SSSR count). The lowest BCUT2D eigenvalue weighted by Crippen LogP contribution is -2.31. The lowest BCUT2D eigenvalue weighted by molar-refractivity contribution is -0.197. The van der Waals surface area contributed by atoms with Gasteiger partial charge in [0, 0.05) is 75.9 Å². The normalized spacial score (nSPS) is 13.0. The molecule has 2 saturated heterocycles. The van der Waals surface area contributed by atoms with Crippen LogP contribution in [0.15, 0.2) is 24.3 Å². The first-order chi connectivity index (χ1) is 25.3. The van der Waals surface area contributed by atoms with Crippen LogP contribution in [0.3, 0.4) is 0 Å². The molecule has 2 fully saturated rings. The summed E-state index contributed by atoms with van der Waals surface area (Å²) in [6, 6.07) is 0. The van der Waals surface area contributed by atoms with Crippen LogP contribution in [-0.2, 0) is 62.4 Å². The molecule has 19 heteroatoms. The van der Waals surface area contributed by atoms with E-state index in [2.05, 4.69) is 38.0 Å². The molecule has 0 atom stereocenters. The molecule has 2 aliphatic rings. The minimum atomic E-state index is -1.20. The third-order valence-corrected chi connectivity index (χ3v) is 6.06. The zero-order valence-corrected chi connectivity index (χ0v) is 33.4. The second-order valence-electron chi connectivity index (χ2n) is 9.82. The van der Waals surface area contributed by atoms with E-state index in [1.165, 1.54) is 7.11 Å². The van der Waals surface area contributed by atoms with E-state index in [4.69, 9.17) is 14.8 Å². The van der Waals surface area contributed by atoms with Crippen molar-refractivity contribution in [2.24, 2.45) is 0 Å². The average molecular weight is 869 g/mol. The number of nitrogens with zero attached hydrogens (tertiary/aromatic N) is 2. The number of rotatable bonds is 18. The molecule has 0 aromatic carbocycles. The van der Waals surface area contributed by atoms with E-state index in [0.717, 1.165) is 24.3 Å². The summed E-state index contributed by atoms with van der Waals surface area (Å²) in [6.07, 6.45) is 7.63. The predicted octanol–water partition coefficient (Wildman–Crippen LogP) is 3.01. The number of unbranched alkanes of at least 4 members (excludes halogenated alkanes) is 4. The number of carbonyl (C=O) groups excluding carboxylic acids is 9. The third-order valence-electron chi connectivity index (χ3n) is 6.06. The second-order valence-corrected chi connectivity index (χ2v) is 9.82.